The van der Waals surface area contributed by atoms with Gasteiger partial charge < -0.3 is 9.80 Å². The Morgan fingerprint density at radius 2 is 1.65 bits per heavy atom. The van der Waals surface area contributed by atoms with E-state index in [1.807, 2.05) is 49.6 Å². The summed E-state index contributed by atoms with van der Waals surface area (Å²) in [4.78, 5) is 31.3. The molecule has 0 unspecified atom stereocenters. The molecule has 1 aromatic carbocycles. The van der Waals surface area contributed by atoms with Gasteiger partial charge in [0, 0.05) is 39.3 Å². The third kappa shape index (κ3) is 5.46. The van der Waals surface area contributed by atoms with E-state index < -0.39 is 0 Å². The van der Waals surface area contributed by atoms with Crippen molar-refractivity contribution < 1.29 is 9.59 Å². The standard InChI is InChI=1S/C23H32ClN5O2/c1-5-27(6-2)20(30)16-26-11-13-28(14-12-26)23(31)21-18(4)25-29(22(21)24)15-19-9-7-17(3)8-10-19/h7-10H,5-6,11-16H2,1-4H3. The van der Waals surface area contributed by atoms with Crippen molar-refractivity contribution in [1.82, 2.24) is 24.5 Å². The number of hydrogen-bond donors (Lipinski definition) is 0. The fourth-order valence-corrected chi connectivity index (χ4v) is 4.22. The molecule has 0 bridgehead atoms. The quantitative estimate of drug-likeness (QED) is 0.657. The zero-order chi connectivity index (χ0) is 22.5. The molecule has 0 aliphatic carbocycles. The van der Waals surface area contributed by atoms with E-state index in [4.69, 9.17) is 11.6 Å². The van der Waals surface area contributed by atoms with Gasteiger partial charge in [-0.3, -0.25) is 14.5 Å². The maximum absolute atomic E-state index is 13.2. The zero-order valence-electron chi connectivity index (χ0n) is 18.9. The van der Waals surface area contributed by atoms with Crippen LogP contribution >= 0.6 is 11.6 Å². The number of benzene rings is 1. The van der Waals surface area contributed by atoms with Crippen LogP contribution in [0.1, 0.15) is 41.0 Å². The first-order valence-electron chi connectivity index (χ1n) is 10.9. The second kappa shape index (κ2) is 10.3. The number of piperazine rings is 1. The van der Waals surface area contributed by atoms with Crippen molar-refractivity contribution in [2.24, 2.45) is 0 Å². The molecule has 31 heavy (non-hydrogen) atoms. The van der Waals surface area contributed by atoms with Crippen LogP contribution in [0.3, 0.4) is 0 Å². The van der Waals surface area contributed by atoms with Gasteiger partial charge >= 0.3 is 0 Å². The van der Waals surface area contributed by atoms with E-state index in [1.54, 1.807) is 4.68 Å². The third-order valence-electron chi connectivity index (χ3n) is 5.87. The van der Waals surface area contributed by atoms with Crippen LogP contribution in [0.25, 0.3) is 0 Å². The summed E-state index contributed by atoms with van der Waals surface area (Å²) in [5, 5.41) is 4.89. The molecule has 168 valence electrons. The van der Waals surface area contributed by atoms with Gasteiger partial charge in [0.1, 0.15) is 5.15 Å². The number of hydrogen-bond acceptors (Lipinski definition) is 4. The summed E-state index contributed by atoms with van der Waals surface area (Å²) in [6.45, 7) is 12.7. The van der Waals surface area contributed by atoms with E-state index in [-0.39, 0.29) is 11.8 Å². The van der Waals surface area contributed by atoms with Crippen molar-refractivity contribution in [2.75, 3.05) is 45.8 Å². The number of aryl methyl sites for hydroxylation is 2. The highest BCUT2D eigenvalue weighted by Gasteiger charge is 2.28. The molecule has 3 rings (SSSR count). The van der Waals surface area contributed by atoms with Crippen molar-refractivity contribution in [2.45, 2.75) is 34.2 Å². The van der Waals surface area contributed by atoms with Gasteiger partial charge in [-0.25, -0.2) is 4.68 Å². The van der Waals surface area contributed by atoms with Crippen molar-refractivity contribution in [3.63, 3.8) is 0 Å². The molecule has 7 nitrogen and oxygen atoms in total. The minimum absolute atomic E-state index is 0.0904. The van der Waals surface area contributed by atoms with Gasteiger partial charge in [0.25, 0.3) is 5.91 Å². The smallest absolute Gasteiger partial charge is 0.258 e. The second-order valence-electron chi connectivity index (χ2n) is 8.03. The van der Waals surface area contributed by atoms with Crippen LogP contribution in [-0.4, -0.2) is 82.1 Å². The summed E-state index contributed by atoms with van der Waals surface area (Å²) in [6.07, 6.45) is 0. The lowest BCUT2D eigenvalue weighted by molar-refractivity contribution is -0.132. The summed E-state index contributed by atoms with van der Waals surface area (Å²) >= 11 is 6.58. The number of nitrogens with zero attached hydrogens (tertiary/aromatic N) is 5. The first kappa shape index (κ1) is 23.3. The van der Waals surface area contributed by atoms with Crippen LogP contribution in [0, 0.1) is 13.8 Å². The van der Waals surface area contributed by atoms with Gasteiger partial charge in [0.15, 0.2) is 0 Å². The van der Waals surface area contributed by atoms with Crippen LogP contribution in [0.4, 0.5) is 0 Å². The fraction of sp³-hybridized carbons (Fsp3) is 0.522. The molecule has 2 amide bonds. The normalized spacial score (nSPS) is 14.7. The Kier molecular flexibility index (Phi) is 7.73. The lowest BCUT2D eigenvalue weighted by atomic mass is 10.1. The molecule has 1 aliphatic heterocycles. The van der Waals surface area contributed by atoms with Crippen molar-refractivity contribution in [3.8, 4) is 0 Å². The van der Waals surface area contributed by atoms with Crippen LogP contribution in [0.2, 0.25) is 5.15 Å². The lowest BCUT2D eigenvalue weighted by Gasteiger charge is -2.35. The molecular formula is C23H32ClN5O2. The molecule has 2 heterocycles. The molecule has 2 aromatic rings. The predicted octanol–water partition coefficient (Wildman–Crippen LogP) is 2.83. The van der Waals surface area contributed by atoms with Crippen molar-refractivity contribution in [3.05, 3.63) is 51.8 Å². The molecule has 8 heteroatoms. The third-order valence-corrected chi connectivity index (χ3v) is 6.25. The van der Waals surface area contributed by atoms with Crippen LogP contribution in [0.5, 0.6) is 0 Å². The highest BCUT2D eigenvalue weighted by Crippen LogP contribution is 2.23. The summed E-state index contributed by atoms with van der Waals surface area (Å²) in [6, 6.07) is 8.19. The van der Waals surface area contributed by atoms with Gasteiger partial charge in [-0.15, -0.1) is 0 Å². The Morgan fingerprint density at radius 1 is 1.03 bits per heavy atom. The number of carbonyl (C=O) groups is 2. The highest BCUT2D eigenvalue weighted by atomic mass is 35.5. The molecule has 1 aliphatic rings. The topological polar surface area (TPSA) is 61.7 Å². The predicted molar refractivity (Wildman–Crippen MR) is 123 cm³/mol. The Bertz CT molecular complexity index is 913. The van der Waals surface area contributed by atoms with E-state index in [2.05, 4.69) is 22.1 Å². The summed E-state index contributed by atoms with van der Waals surface area (Å²) < 4.78 is 1.69. The van der Waals surface area contributed by atoms with Crippen LogP contribution in [-0.2, 0) is 11.3 Å². The number of halogens is 1. The van der Waals surface area contributed by atoms with E-state index in [0.717, 1.165) is 18.7 Å². The highest BCUT2D eigenvalue weighted by molar-refractivity contribution is 6.33. The Labute approximate surface area is 189 Å². The Morgan fingerprint density at radius 3 is 2.23 bits per heavy atom. The van der Waals surface area contributed by atoms with Gasteiger partial charge in [-0.05, 0) is 33.3 Å². The molecular weight excluding hydrogens is 414 g/mol. The minimum Gasteiger partial charge on any atom is -0.342 e. The van der Waals surface area contributed by atoms with Crippen molar-refractivity contribution in [1.29, 1.82) is 0 Å². The minimum atomic E-state index is -0.0904. The van der Waals surface area contributed by atoms with Crippen LogP contribution < -0.4 is 0 Å². The number of carbonyl (C=O) groups excluding carboxylic acids is 2. The van der Waals surface area contributed by atoms with E-state index in [1.165, 1.54) is 5.56 Å². The van der Waals surface area contributed by atoms with E-state index in [9.17, 15) is 9.59 Å². The summed E-state index contributed by atoms with van der Waals surface area (Å²) in [5.41, 5.74) is 3.39. The molecule has 1 aromatic heterocycles. The summed E-state index contributed by atoms with van der Waals surface area (Å²) in [7, 11) is 0. The summed E-state index contributed by atoms with van der Waals surface area (Å²) in [5.74, 6) is 0.0495. The van der Waals surface area contributed by atoms with Crippen molar-refractivity contribution >= 4 is 23.4 Å². The van der Waals surface area contributed by atoms with Gasteiger partial charge in [0.2, 0.25) is 5.91 Å². The largest absolute Gasteiger partial charge is 0.342 e. The maximum atomic E-state index is 13.2. The molecule has 0 saturated carbocycles. The molecule has 1 fully saturated rings. The van der Waals surface area contributed by atoms with Crippen LogP contribution in [0.15, 0.2) is 24.3 Å². The zero-order valence-corrected chi connectivity index (χ0v) is 19.7. The maximum Gasteiger partial charge on any atom is 0.258 e. The average Bonchev–Trinajstić information content (AvgIpc) is 3.03. The Hall–Kier alpha value is -2.38. The Balaban J connectivity index is 1.63. The molecule has 0 radical (unpaired) electrons. The number of aromatic nitrogens is 2. The van der Waals surface area contributed by atoms with E-state index >= 15 is 0 Å². The molecule has 0 spiro atoms. The van der Waals surface area contributed by atoms with Gasteiger partial charge in [-0.1, -0.05) is 41.4 Å². The number of amides is 2. The number of rotatable bonds is 7. The van der Waals surface area contributed by atoms with E-state index in [0.29, 0.717) is 55.7 Å². The monoisotopic (exact) mass is 445 g/mol. The molecule has 1 saturated heterocycles. The second-order valence-corrected chi connectivity index (χ2v) is 8.39. The lowest BCUT2D eigenvalue weighted by Crippen LogP contribution is -2.51. The van der Waals surface area contributed by atoms with Gasteiger partial charge in [-0.2, -0.15) is 5.10 Å². The fourth-order valence-electron chi connectivity index (χ4n) is 3.90. The first-order chi connectivity index (χ1) is 14.8. The number of likely N-dealkylation sites (N-methyl/N-ethyl adjacent to an activating group) is 1. The SMILES string of the molecule is CCN(CC)C(=O)CN1CCN(C(=O)c2c(C)nn(Cc3ccc(C)cc3)c2Cl)CC1. The molecule has 0 atom stereocenters. The average molecular weight is 446 g/mol. The molecule has 0 N–H and O–H groups in total. The van der Waals surface area contributed by atoms with Gasteiger partial charge in [0.05, 0.1) is 24.3 Å². The first-order valence-corrected chi connectivity index (χ1v) is 11.3.